The number of hydrogen-bond acceptors (Lipinski definition) is 5. The van der Waals surface area contributed by atoms with Gasteiger partial charge in [-0.3, -0.25) is 13.4 Å². The van der Waals surface area contributed by atoms with Gasteiger partial charge in [-0.25, -0.2) is 4.79 Å². The summed E-state index contributed by atoms with van der Waals surface area (Å²) in [7, 11) is -2.85. The van der Waals surface area contributed by atoms with E-state index in [4.69, 9.17) is 0 Å². The van der Waals surface area contributed by atoms with Crippen LogP contribution in [0.25, 0.3) is 0 Å². The fraction of sp³-hybridized carbons (Fsp3) is 0.500. The minimum atomic E-state index is -2.85. The first-order valence-electron chi connectivity index (χ1n) is 6.98. The Kier molecular flexibility index (Phi) is 4.65. The molecule has 6 nitrogen and oxygen atoms in total. The Morgan fingerprint density at radius 2 is 2.00 bits per heavy atom. The van der Waals surface area contributed by atoms with E-state index in [2.05, 4.69) is 5.32 Å². The topological polar surface area (TPSA) is 93.0 Å². The van der Waals surface area contributed by atoms with Crippen LogP contribution in [0.5, 0.6) is 0 Å². The molecule has 0 saturated carbocycles. The summed E-state index contributed by atoms with van der Waals surface area (Å²) in [5, 5.41) is 12.4. The van der Waals surface area contributed by atoms with Crippen LogP contribution in [0.2, 0.25) is 0 Å². The van der Waals surface area contributed by atoms with E-state index < -0.39 is 16.7 Å². The van der Waals surface area contributed by atoms with Crippen molar-refractivity contribution in [2.45, 2.75) is 32.7 Å². The Morgan fingerprint density at radius 1 is 1.29 bits per heavy atom. The van der Waals surface area contributed by atoms with Crippen LogP contribution in [-0.4, -0.2) is 38.5 Å². The number of rotatable bonds is 4. The molecular formula is C14H22N2O4S. The van der Waals surface area contributed by atoms with Crippen molar-refractivity contribution in [3.63, 3.8) is 0 Å². The molecule has 0 unspecified atom stereocenters. The zero-order valence-corrected chi connectivity index (χ0v) is 13.1. The predicted octanol–water partition coefficient (Wildman–Crippen LogP) is 3.47. The number of carbonyl (C=O) groups is 1. The van der Waals surface area contributed by atoms with Crippen LogP contribution in [0.4, 0.5) is 11.4 Å². The van der Waals surface area contributed by atoms with Gasteiger partial charge < -0.3 is 10.4 Å². The van der Waals surface area contributed by atoms with E-state index in [0.29, 0.717) is 23.7 Å². The second-order valence-electron chi connectivity index (χ2n) is 5.52. The third-order valence-electron chi connectivity index (χ3n) is 3.29. The van der Waals surface area contributed by atoms with Crippen molar-refractivity contribution in [2.24, 2.45) is 0 Å². The highest BCUT2D eigenvalue weighted by molar-refractivity contribution is 8.25. The summed E-state index contributed by atoms with van der Waals surface area (Å²) < 4.78 is 21.9. The molecule has 1 aliphatic rings. The SMILES string of the molecule is CC(C)Nc1cc(C(=O)O)cc(N2CCCCS2(O)O)c1. The van der Waals surface area contributed by atoms with Crippen molar-refractivity contribution in [1.29, 1.82) is 0 Å². The molecule has 1 aromatic carbocycles. The van der Waals surface area contributed by atoms with Crippen molar-refractivity contribution in [1.82, 2.24) is 0 Å². The Labute approximate surface area is 126 Å². The second kappa shape index (κ2) is 6.13. The molecule has 0 aromatic heterocycles. The minimum absolute atomic E-state index is 0.136. The zero-order chi connectivity index (χ0) is 15.6. The van der Waals surface area contributed by atoms with Crippen molar-refractivity contribution in [2.75, 3.05) is 21.9 Å². The standard InChI is InChI=1S/C14H22N2O4S/c1-10(2)15-12-7-11(14(17)18)8-13(9-12)16-5-3-4-6-21(16,19)20/h7-10,15,19-20H,3-6H2,1-2H3,(H,17,18). The van der Waals surface area contributed by atoms with Crippen LogP contribution >= 0.6 is 10.8 Å². The molecule has 1 heterocycles. The number of benzene rings is 1. The Hall–Kier alpha value is -1.44. The summed E-state index contributed by atoms with van der Waals surface area (Å²) in [6.45, 7) is 4.44. The maximum Gasteiger partial charge on any atom is 0.335 e. The molecule has 7 heteroatoms. The van der Waals surface area contributed by atoms with Crippen LogP contribution in [0.3, 0.4) is 0 Å². The molecule has 1 aromatic rings. The molecule has 1 aliphatic heterocycles. The van der Waals surface area contributed by atoms with E-state index in [0.717, 1.165) is 12.8 Å². The molecular weight excluding hydrogens is 292 g/mol. The smallest absolute Gasteiger partial charge is 0.335 e. The summed E-state index contributed by atoms with van der Waals surface area (Å²) in [5.41, 5.74) is 1.34. The van der Waals surface area contributed by atoms with E-state index in [1.807, 2.05) is 13.8 Å². The summed E-state index contributed by atoms with van der Waals surface area (Å²) >= 11 is 0. The van der Waals surface area contributed by atoms with E-state index >= 15 is 0 Å². The number of nitrogens with zero attached hydrogens (tertiary/aromatic N) is 1. The van der Waals surface area contributed by atoms with Crippen LogP contribution in [0.15, 0.2) is 18.2 Å². The third kappa shape index (κ3) is 3.81. The van der Waals surface area contributed by atoms with Gasteiger partial charge in [-0.15, -0.1) is 10.8 Å². The van der Waals surface area contributed by atoms with Crippen LogP contribution < -0.4 is 9.62 Å². The first-order chi connectivity index (χ1) is 9.79. The maximum atomic E-state index is 11.3. The highest BCUT2D eigenvalue weighted by Crippen LogP contribution is 2.50. The fourth-order valence-corrected chi connectivity index (χ4v) is 4.08. The first kappa shape index (κ1) is 15.9. The van der Waals surface area contributed by atoms with E-state index in [1.54, 1.807) is 12.1 Å². The van der Waals surface area contributed by atoms with E-state index in [-0.39, 0.29) is 11.6 Å². The third-order valence-corrected chi connectivity index (χ3v) is 5.23. The summed E-state index contributed by atoms with van der Waals surface area (Å²) in [4.78, 5) is 11.3. The number of carboxylic acid groups (broad SMARTS) is 1. The summed E-state index contributed by atoms with van der Waals surface area (Å²) in [6, 6.07) is 4.98. The lowest BCUT2D eigenvalue weighted by atomic mass is 10.1. The van der Waals surface area contributed by atoms with Crippen molar-refractivity contribution >= 4 is 28.1 Å². The molecule has 0 spiro atoms. The lowest BCUT2D eigenvalue weighted by molar-refractivity contribution is 0.0697. The van der Waals surface area contributed by atoms with Crippen LogP contribution in [0, 0.1) is 0 Å². The summed E-state index contributed by atoms with van der Waals surface area (Å²) in [5.74, 6) is -0.700. The number of aromatic carboxylic acids is 1. The van der Waals surface area contributed by atoms with Gasteiger partial charge in [0.2, 0.25) is 0 Å². The fourth-order valence-electron chi connectivity index (χ4n) is 2.40. The Balaban J connectivity index is 2.41. The monoisotopic (exact) mass is 314 g/mol. The van der Waals surface area contributed by atoms with Crippen LogP contribution in [-0.2, 0) is 0 Å². The largest absolute Gasteiger partial charge is 0.478 e. The van der Waals surface area contributed by atoms with Crippen LogP contribution in [0.1, 0.15) is 37.0 Å². The van der Waals surface area contributed by atoms with Gasteiger partial charge in [0.05, 0.1) is 17.0 Å². The lowest BCUT2D eigenvalue weighted by Crippen LogP contribution is -2.34. The van der Waals surface area contributed by atoms with Crippen molar-refractivity contribution in [3.8, 4) is 0 Å². The van der Waals surface area contributed by atoms with Crippen molar-refractivity contribution < 1.29 is 19.0 Å². The molecule has 0 radical (unpaired) electrons. The van der Waals surface area contributed by atoms with Gasteiger partial charge >= 0.3 is 5.97 Å². The molecule has 0 bridgehead atoms. The zero-order valence-electron chi connectivity index (χ0n) is 12.2. The van der Waals surface area contributed by atoms with Gasteiger partial charge in [-0.2, -0.15) is 0 Å². The molecule has 4 N–H and O–H groups in total. The molecule has 0 amide bonds. The van der Waals surface area contributed by atoms with E-state index in [1.165, 1.54) is 10.4 Å². The van der Waals surface area contributed by atoms with Gasteiger partial charge in [0.25, 0.3) is 0 Å². The van der Waals surface area contributed by atoms with Crippen molar-refractivity contribution in [3.05, 3.63) is 23.8 Å². The quantitative estimate of drug-likeness (QED) is 0.680. The lowest BCUT2D eigenvalue weighted by Gasteiger charge is -2.47. The normalized spacial score (nSPS) is 19.4. The second-order valence-corrected chi connectivity index (χ2v) is 7.63. The molecule has 21 heavy (non-hydrogen) atoms. The number of anilines is 2. The van der Waals surface area contributed by atoms with Gasteiger partial charge in [0.1, 0.15) is 0 Å². The predicted molar refractivity (Wildman–Crippen MR) is 86.5 cm³/mol. The summed E-state index contributed by atoms with van der Waals surface area (Å²) in [6.07, 6.45) is 1.63. The molecule has 118 valence electrons. The van der Waals surface area contributed by atoms with E-state index in [9.17, 15) is 19.0 Å². The molecule has 2 rings (SSSR count). The van der Waals surface area contributed by atoms with Gasteiger partial charge in [-0.05, 0) is 44.9 Å². The molecule has 1 fully saturated rings. The minimum Gasteiger partial charge on any atom is -0.478 e. The van der Waals surface area contributed by atoms with Gasteiger partial charge in [0.15, 0.2) is 0 Å². The van der Waals surface area contributed by atoms with Gasteiger partial charge in [-0.1, -0.05) is 0 Å². The number of hydrogen-bond donors (Lipinski definition) is 4. The molecule has 1 saturated heterocycles. The Bertz CT molecular complexity index is 534. The average Bonchev–Trinajstić information content (AvgIpc) is 2.36. The number of carboxylic acids is 1. The van der Waals surface area contributed by atoms with Gasteiger partial charge in [0, 0.05) is 18.3 Å². The highest BCUT2D eigenvalue weighted by atomic mass is 32.3. The molecule has 0 atom stereocenters. The molecule has 0 aliphatic carbocycles. The highest BCUT2D eigenvalue weighted by Gasteiger charge is 2.27. The Morgan fingerprint density at radius 3 is 2.57 bits per heavy atom. The average molecular weight is 314 g/mol. The maximum absolute atomic E-state index is 11.3. The first-order valence-corrected chi connectivity index (χ1v) is 8.65. The number of nitrogens with one attached hydrogen (secondary N) is 1.